The molecule has 2 aromatic rings. The van der Waals surface area contributed by atoms with E-state index in [0.29, 0.717) is 5.82 Å². The zero-order chi connectivity index (χ0) is 19.1. The van der Waals surface area contributed by atoms with Gasteiger partial charge in [0, 0.05) is 12.3 Å². The molecule has 7 nitrogen and oxygen atoms in total. The number of carbonyl (C=O) groups excluding carboxylic acids is 2. The van der Waals surface area contributed by atoms with E-state index in [1.165, 1.54) is 6.20 Å². The first-order valence-corrected chi connectivity index (χ1v) is 8.40. The second kappa shape index (κ2) is 8.84. The van der Waals surface area contributed by atoms with Gasteiger partial charge in [-0.3, -0.25) is 0 Å². The van der Waals surface area contributed by atoms with Crippen molar-refractivity contribution in [2.45, 2.75) is 27.7 Å². The van der Waals surface area contributed by atoms with Crippen LogP contribution >= 0.6 is 0 Å². The summed E-state index contributed by atoms with van der Waals surface area (Å²) in [5.41, 5.74) is 2.54. The van der Waals surface area contributed by atoms with E-state index in [4.69, 9.17) is 9.47 Å². The van der Waals surface area contributed by atoms with Crippen molar-refractivity contribution in [2.24, 2.45) is 0 Å². The number of carbonyl (C=O) groups is 2. The minimum Gasteiger partial charge on any atom is -0.462 e. The predicted octanol–water partition coefficient (Wildman–Crippen LogP) is 2.91. The Morgan fingerprint density at radius 1 is 1.12 bits per heavy atom. The van der Waals surface area contributed by atoms with Crippen molar-refractivity contribution in [2.75, 3.05) is 18.5 Å². The van der Waals surface area contributed by atoms with Gasteiger partial charge >= 0.3 is 11.9 Å². The van der Waals surface area contributed by atoms with Crippen molar-refractivity contribution < 1.29 is 19.1 Å². The minimum absolute atomic E-state index is 0.163. The first kappa shape index (κ1) is 19.2. The molecule has 0 fully saturated rings. The van der Waals surface area contributed by atoms with E-state index in [2.05, 4.69) is 10.4 Å². The molecule has 0 bridgehead atoms. The molecule has 0 radical (unpaired) electrons. The molecule has 1 aromatic heterocycles. The van der Waals surface area contributed by atoms with E-state index < -0.39 is 11.9 Å². The molecule has 0 unspecified atom stereocenters. The lowest BCUT2D eigenvalue weighted by Crippen LogP contribution is -2.19. The normalized spacial score (nSPS) is 10.2. The first-order valence-electron chi connectivity index (χ1n) is 8.40. The fraction of sp³-hybridized carbons (Fsp3) is 0.316. The van der Waals surface area contributed by atoms with Gasteiger partial charge in [-0.25, -0.2) is 14.3 Å². The van der Waals surface area contributed by atoms with Gasteiger partial charge in [0.25, 0.3) is 0 Å². The van der Waals surface area contributed by atoms with E-state index in [1.807, 2.05) is 44.2 Å². The Bertz CT molecular complexity index is 804. The van der Waals surface area contributed by atoms with E-state index in [1.54, 1.807) is 18.5 Å². The maximum absolute atomic E-state index is 12.0. The fourth-order valence-electron chi connectivity index (χ4n) is 2.32. The van der Waals surface area contributed by atoms with Crippen molar-refractivity contribution in [3.05, 3.63) is 53.4 Å². The summed E-state index contributed by atoms with van der Waals surface area (Å²) < 4.78 is 11.6. The zero-order valence-corrected chi connectivity index (χ0v) is 15.4. The summed E-state index contributed by atoms with van der Waals surface area (Å²) in [6, 6.07) is 9.65. The number of hydrogen-bond acceptors (Lipinski definition) is 6. The minimum atomic E-state index is -0.739. The van der Waals surface area contributed by atoms with Crippen LogP contribution < -0.4 is 5.32 Å². The maximum atomic E-state index is 12.0. The number of esters is 2. The second-order valence-corrected chi connectivity index (χ2v) is 5.57. The number of ether oxygens (including phenoxy) is 2. The third-order valence-electron chi connectivity index (χ3n) is 3.43. The smallest absolute Gasteiger partial charge is 0.347 e. The summed E-state index contributed by atoms with van der Waals surface area (Å²) in [6.45, 7) is 7.52. The Labute approximate surface area is 152 Å². The third-order valence-corrected chi connectivity index (χ3v) is 3.43. The number of aromatic nitrogens is 2. The fourth-order valence-corrected chi connectivity index (χ4v) is 2.32. The highest BCUT2D eigenvalue weighted by atomic mass is 16.6. The lowest BCUT2D eigenvalue weighted by atomic mass is 10.2. The van der Waals surface area contributed by atoms with Gasteiger partial charge in [0.2, 0.25) is 0 Å². The standard InChI is InChI=1S/C19H23N3O4/c1-5-25-18(23)16(19(24)26-6-2)12-20-17-11-14(4)21-22(17)15-9-7-8-13(3)10-15/h7-12,20H,5-6H2,1-4H3. The number of nitrogens with zero attached hydrogens (tertiary/aromatic N) is 2. The Hall–Kier alpha value is -3.09. The molecule has 26 heavy (non-hydrogen) atoms. The van der Waals surface area contributed by atoms with Crippen LogP contribution in [0.3, 0.4) is 0 Å². The van der Waals surface area contributed by atoms with Crippen LogP contribution in [0.15, 0.2) is 42.1 Å². The number of aryl methyl sites for hydroxylation is 2. The Kier molecular flexibility index (Phi) is 6.54. The van der Waals surface area contributed by atoms with E-state index in [9.17, 15) is 9.59 Å². The lowest BCUT2D eigenvalue weighted by molar-refractivity contribution is -0.146. The largest absolute Gasteiger partial charge is 0.462 e. The van der Waals surface area contributed by atoms with E-state index in [0.717, 1.165) is 16.9 Å². The summed E-state index contributed by atoms with van der Waals surface area (Å²) in [4.78, 5) is 24.1. The third kappa shape index (κ3) is 4.72. The summed E-state index contributed by atoms with van der Waals surface area (Å²) in [7, 11) is 0. The molecule has 1 heterocycles. The maximum Gasteiger partial charge on any atom is 0.347 e. The predicted molar refractivity (Wildman–Crippen MR) is 98.0 cm³/mol. The van der Waals surface area contributed by atoms with Crippen LogP contribution in [0.4, 0.5) is 5.82 Å². The van der Waals surface area contributed by atoms with Gasteiger partial charge in [-0.15, -0.1) is 0 Å². The summed E-state index contributed by atoms with van der Waals surface area (Å²) in [5.74, 6) is -0.868. The van der Waals surface area contributed by atoms with Gasteiger partial charge in [-0.05, 0) is 45.4 Å². The molecule has 1 N–H and O–H groups in total. The Morgan fingerprint density at radius 3 is 2.35 bits per heavy atom. The molecule has 0 aliphatic carbocycles. The Morgan fingerprint density at radius 2 is 1.77 bits per heavy atom. The van der Waals surface area contributed by atoms with Gasteiger partial charge in [-0.1, -0.05) is 12.1 Å². The van der Waals surface area contributed by atoms with Crippen LogP contribution in [-0.2, 0) is 19.1 Å². The molecule has 0 aliphatic rings. The molecular formula is C19H23N3O4. The number of nitrogens with one attached hydrogen (secondary N) is 1. The van der Waals surface area contributed by atoms with Gasteiger partial charge < -0.3 is 14.8 Å². The van der Waals surface area contributed by atoms with Gasteiger partial charge in [0.05, 0.1) is 24.6 Å². The number of rotatable bonds is 7. The molecule has 138 valence electrons. The highest BCUT2D eigenvalue weighted by molar-refractivity contribution is 6.14. The van der Waals surface area contributed by atoms with Crippen LogP contribution in [0.2, 0.25) is 0 Å². The second-order valence-electron chi connectivity index (χ2n) is 5.57. The summed E-state index contributed by atoms with van der Waals surface area (Å²) in [6.07, 6.45) is 1.29. The van der Waals surface area contributed by atoms with Crippen LogP contribution in [0.25, 0.3) is 5.69 Å². The van der Waals surface area contributed by atoms with Crippen LogP contribution in [-0.4, -0.2) is 34.9 Å². The van der Waals surface area contributed by atoms with Gasteiger partial charge in [0.1, 0.15) is 5.82 Å². The van der Waals surface area contributed by atoms with Gasteiger partial charge in [-0.2, -0.15) is 5.10 Å². The number of benzene rings is 1. The summed E-state index contributed by atoms with van der Waals surface area (Å²) in [5, 5.41) is 7.42. The highest BCUT2D eigenvalue weighted by Gasteiger charge is 2.21. The van der Waals surface area contributed by atoms with E-state index in [-0.39, 0.29) is 18.8 Å². The van der Waals surface area contributed by atoms with Crippen molar-refractivity contribution >= 4 is 17.8 Å². The average molecular weight is 357 g/mol. The molecule has 0 saturated heterocycles. The quantitative estimate of drug-likeness (QED) is 0.355. The van der Waals surface area contributed by atoms with Crippen LogP contribution in [0.1, 0.15) is 25.1 Å². The van der Waals surface area contributed by atoms with Crippen molar-refractivity contribution in [1.29, 1.82) is 0 Å². The average Bonchev–Trinajstić information content (AvgIpc) is 2.96. The molecule has 7 heteroatoms. The molecular weight excluding hydrogens is 334 g/mol. The molecule has 0 atom stereocenters. The SMILES string of the molecule is CCOC(=O)C(=CNc1cc(C)nn1-c1cccc(C)c1)C(=O)OCC. The Balaban J connectivity index is 2.34. The van der Waals surface area contributed by atoms with Crippen molar-refractivity contribution in [1.82, 2.24) is 9.78 Å². The number of hydrogen-bond donors (Lipinski definition) is 1. The topological polar surface area (TPSA) is 82.5 Å². The number of anilines is 1. The first-order chi connectivity index (χ1) is 12.5. The van der Waals surface area contributed by atoms with Crippen LogP contribution in [0.5, 0.6) is 0 Å². The monoisotopic (exact) mass is 357 g/mol. The molecule has 0 aliphatic heterocycles. The van der Waals surface area contributed by atoms with Crippen molar-refractivity contribution in [3.63, 3.8) is 0 Å². The van der Waals surface area contributed by atoms with Crippen LogP contribution in [0, 0.1) is 13.8 Å². The highest BCUT2D eigenvalue weighted by Crippen LogP contribution is 2.18. The van der Waals surface area contributed by atoms with Crippen molar-refractivity contribution in [3.8, 4) is 5.69 Å². The lowest BCUT2D eigenvalue weighted by Gasteiger charge is -2.10. The van der Waals surface area contributed by atoms with Gasteiger partial charge in [0.15, 0.2) is 5.57 Å². The zero-order valence-electron chi connectivity index (χ0n) is 15.4. The molecule has 0 saturated carbocycles. The molecule has 1 aromatic carbocycles. The summed E-state index contributed by atoms with van der Waals surface area (Å²) >= 11 is 0. The van der Waals surface area contributed by atoms with E-state index >= 15 is 0 Å². The molecule has 0 spiro atoms. The molecule has 0 amide bonds. The molecule has 2 rings (SSSR count).